The van der Waals surface area contributed by atoms with Crippen molar-refractivity contribution in [2.75, 3.05) is 19.7 Å². The average molecular weight is 313 g/mol. The Morgan fingerprint density at radius 1 is 1.10 bits per heavy atom. The summed E-state index contributed by atoms with van der Waals surface area (Å²) in [4.78, 5) is 13.4. The SMILES string of the molecule is CCOC(=O)N1CCC(NC(=S)NC2CCCCC2)CC1. The molecule has 2 aliphatic rings. The summed E-state index contributed by atoms with van der Waals surface area (Å²) < 4.78 is 5.03. The van der Waals surface area contributed by atoms with Gasteiger partial charge < -0.3 is 20.3 Å². The molecule has 5 nitrogen and oxygen atoms in total. The monoisotopic (exact) mass is 313 g/mol. The number of hydrogen-bond donors (Lipinski definition) is 2. The molecule has 0 aromatic carbocycles. The Morgan fingerprint density at radius 2 is 1.67 bits per heavy atom. The second-order valence-corrected chi connectivity index (χ2v) is 6.32. The average Bonchev–Trinajstić information content (AvgIpc) is 2.49. The lowest BCUT2D eigenvalue weighted by atomic mass is 9.96. The molecule has 2 N–H and O–H groups in total. The van der Waals surface area contributed by atoms with Gasteiger partial charge in [-0.15, -0.1) is 0 Å². The third-order valence-electron chi connectivity index (χ3n) is 4.30. The van der Waals surface area contributed by atoms with Gasteiger partial charge >= 0.3 is 6.09 Å². The maximum absolute atomic E-state index is 11.6. The predicted octanol–water partition coefficient (Wildman–Crippen LogP) is 2.40. The molecular formula is C15H27N3O2S. The van der Waals surface area contributed by atoms with Gasteiger partial charge in [0.2, 0.25) is 0 Å². The third kappa shape index (κ3) is 5.34. The minimum absolute atomic E-state index is 0.196. The Labute approximate surface area is 132 Å². The van der Waals surface area contributed by atoms with Crippen LogP contribution in [0.2, 0.25) is 0 Å². The number of nitrogens with zero attached hydrogens (tertiary/aromatic N) is 1. The van der Waals surface area contributed by atoms with Crippen molar-refractivity contribution in [1.82, 2.24) is 15.5 Å². The highest BCUT2D eigenvalue weighted by Gasteiger charge is 2.24. The van der Waals surface area contributed by atoms with Crippen LogP contribution < -0.4 is 10.6 Å². The lowest BCUT2D eigenvalue weighted by Gasteiger charge is -2.33. The van der Waals surface area contributed by atoms with Gasteiger partial charge in [-0.3, -0.25) is 0 Å². The van der Waals surface area contributed by atoms with Gasteiger partial charge in [-0.05, 0) is 44.8 Å². The fraction of sp³-hybridized carbons (Fsp3) is 0.867. The van der Waals surface area contributed by atoms with Crippen molar-refractivity contribution in [3.05, 3.63) is 0 Å². The summed E-state index contributed by atoms with van der Waals surface area (Å²) in [6, 6.07) is 0.901. The first-order chi connectivity index (χ1) is 10.2. The molecule has 2 rings (SSSR count). The Kier molecular flexibility index (Phi) is 6.54. The fourth-order valence-corrected chi connectivity index (χ4v) is 3.41. The highest BCUT2D eigenvalue weighted by Crippen LogP contribution is 2.17. The number of amides is 1. The van der Waals surface area contributed by atoms with Gasteiger partial charge in [0.1, 0.15) is 0 Å². The number of piperidine rings is 1. The first-order valence-electron chi connectivity index (χ1n) is 8.17. The molecule has 0 atom stereocenters. The van der Waals surface area contributed by atoms with E-state index >= 15 is 0 Å². The molecule has 0 bridgehead atoms. The lowest BCUT2D eigenvalue weighted by molar-refractivity contribution is 0.0963. The van der Waals surface area contributed by atoms with Crippen LogP contribution in [-0.2, 0) is 4.74 Å². The van der Waals surface area contributed by atoms with Crippen LogP contribution in [-0.4, -0.2) is 47.9 Å². The Bertz CT molecular complexity index is 351. The van der Waals surface area contributed by atoms with Gasteiger partial charge in [0.05, 0.1) is 6.61 Å². The summed E-state index contributed by atoms with van der Waals surface area (Å²) in [5.41, 5.74) is 0. The number of ether oxygens (including phenoxy) is 1. The smallest absolute Gasteiger partial charge is 0.409 e. The van der Waals surface area contributed by atoms with Crippen molar-refractivity contribution in [1.29, 1.82) is 0 Å². The fourth-order valence-electron chi connectivity index (χ4n) is 3.08. The van der Waals surface area contributed by atoms with Crippen LogP contribution >= 0.6 is 12.2 Å². The van der Waals surface area contributed by atoms with Crippen LogP contribution in [0.5, 0.6) is 0 Å². The van der Waals surface area contributed by atoms with E-state index in [1.54, 1.807) is 4.90 Å². The number of hydrogen-bond acceptors (Lipinski definition) is 3. The van der Waals surface area contributed by atoms with E-state index in [0.29, 0.717) is 18.7 Å². The van der Waals surface area contributed by atoms with Gasteiger partial charge in [-0.1, -0.05) is 19.3 Å². The van der Waals surface area contributed by atoms with E-state index in [2.05, 4.69) is 10.6 Å². The Morgan fingerprint density at radius 3 is 2.24 bits per heavy atom. The van der Waals surface area contributed by atoms with E-state index in [4.69, 9.17) is 17.0 Å². The maximum Gasteiger partial charge on any atom is 0.409 e. The van der Waals surface area contributed by atoms with Crippen molar-refractivity contribution in [2.45, 2.75) is 64.0 Å². The van der Waals surface area contributed by atoms with E-state index in [0.717, 1.165) is 31.0 Å². The van der Waals surface area contributed by atoms with Crippen LogP contribution in [0.4, 0.5) is 4.79 Å². The molecule has 0 spiro atoms. The van der Waals surface area contributed by atoms with Crippen LogP contribution in [0.15, 0.2) is 0 Å². The summed E-state index contributed by atoms with van der Waals surface area (Å²) in [5.74, 6) is 0. The molecule has 0 radical (unpaired) electrons. The highest BCUT2D eigenvalue weighted by atomic mass is 32.1. The van der Waals surface area contributed by atoms with Crippen LogP contribution in [0.25, 0.3) is 0 Å². The summed E-state index contributed by atoms with van der Waals surface area (Å²) in [6.07, 6.45) is 8.06. The van der Waals surface area contributed by atoms with Gasteiger partial charge in [0.15, 0.2) is 5.11 Å². The number of likely N-dealkylation sites (tertiary alicyclic amines) is 1. The van der Waals surface area contributed by atoms with Gasteiger partial charge in [-0.25, -0.2) is 4.79 Å². The zero-order chi connectivity index (χ0) is 15.1. The molecule has 21 heavy (non-hydrogen) atoms. The molecule has 2 fully saturated rings. The molecule has 1 saturated carbocycles. The normalized spacial score (nSPS) is 20.9. The molecular weight excluding hydrogens is 286 g/mol. The minimum Gasteiger partial charge on any atom is -0.450 e. The number of rotatable bonds is 3. The predicted molar refractivity (Wildman–Crippen MR) is 87.4 cm³/mol. The summed E-state index contributed by atoms with van der Waals surface area (Å²) in [7, 11) is 0. The van der Waals surface area contributed by atoms with E-state index in [-0.39, 0.29) is 6.09 Å². The quantitative estimate of drug-likeness (QED) is 0.784. The third-order valence-corrected chi connectivity index (χ3v) is 4.53. The standard InChI is InChI=1S/C15H27N3O2S/c1-2-20-15(19)18-10-8-13(9-11-18)17-14(21)16-12-6-4-3-5-7-12/h12-13H,2-11H2,1H3,(H2,16,17,21). The summed E-state index contributed by atoms with van der Waals surface area (Å²) in [5, 5.41) is 7.61. The van der Waals surface area contributed by atoms with Crippen LogP contribution in [0.1, 0.15) is 51.9 Å². The van der Waals surface area contributed by atoms with Crippen molar-refractivity contribution in [3.63, 3.8) is 0 Å². The number of thiocarbonyl (C=S) groups is 1. The maximum atomic E-state index is 11.6. The number of nitrogens with one attached hydrogen (secondary N) is 2. The van der Waals surface area contributed by atoms with Crippen molar-refractivity contribution in [3.8, 4) is 0 Å². The molecule has 120 valence electrons. The van der Waals surface area contributed by atoms with Crippen molar-refractivity contribution >= 4 is 23.4 Å². The van der Waals surface area contributed by atoms with E-state index in [1.165, 1.54) is 32.1 Å². The molecule has 1 saturated heterocycles. The second-order valence-electron chi connectivity index (χ2n) is 5.91. The molecule has 1 aliphatic carbocycles. The minimum atomic E-state index is -0.196. The molecule has 1 amide bonds. The second kappa shape index (κ2) is 8.41. The largest absolute Gasteiger partial charge is 0.450 e. The zero-order valence-electron chi connectivity index (χ0n) is 12.9. The van der Waals surface area contributed by atoms with Crippen LogP contribution in [0.3, 0.4) is 0 Å². The molecule has 0 aromatic rings. The van der Waals surface area contributed by atoms with E-state index in [9.17, 15) is 4.79 Å². The topological polar surface area (TPSA) is 53.6 Å². The molecule has 1 aliphatic heterocycles. The zero-order valence-corrected chi connectivity index (χ0v) is 13.7. The molecule has 1 heterocycles. The lowest BCUT2D eigenvalue weighted by Crippen LogP contribution is -2.51. The first kappa shape index (κ1) is 16.3. The molecule has 0 aromatic heterocycles. The van der Waals surface area contributed by atoms with E-state index in [1.807, 2.05) is 6.92 Å². The van der Waals surface area contributed by atoms with Gasteiger partial charge in [0.25, 0.3) is 0 Å². The highest BCUT2D eigenvalue weighted by molar-refractivity contribution is 7.80. The molecule has 0 unspecified atom stereocenters. The summed E-state index contributed by atoms with van der Waals surface area (Å²) in [6.45, 7) is 3.75. The molecule has 6 heteroatoms. The van der Waals surface area contributed by atoms with Gasteiger partial charge in [-0.2, -0.15) is 0 Å². The Hall–Kier alpha value is -1.04. The Balaban J connectivity index is 1.65. The number of carbonyl (C=O) groups excluding carboxylic acids is 1. The van der Waals surface area contributed by atoms with Crippen LogP contribution in [0, 0.1) is 0 Å². The number of carbonyl (C=O) groups is 1. The summed E-state index contributed by atoms with van der Waals surface area (Å²) >= 11 is 5.41. The van der Waals surface area contributed by atoms with Gasteiger partial charge in [0, 0.05) is 25.2 Å². The first-order valence-corrected chi connectivity index (χ1v) is 8.58. The van der Waals surface area contributed by atoms with Crippen molar-refractivity contribution < 1.29 is 9.53 Å². The van der Waals surface area contributed by atoms with E-state index < -0.39 is 0 Å². The van der Waals surface area contributed by atoms with Crippen molar-refractivity contribution in [2.24, 2.45) is 0 Å².